The minimum absolute atomic E-state index is 0.0449. The molecule has 0 aromatic carbocycles. The van der Waals surface area contributed by atoms with Crippen LogP contribution in [-0.2, 0) is 33.3 Å². The molecule has 7 N–H and O–H groups in total. The van der Waals surface area contributed by atoms with Crippen molar-refractivity contribution in [3.8, 4) is 0 Å². The first-order valence-corrected chi connectivity index (χ1v) is 20.6. The third-order valence-electron chi connectivity index (χ3n) is 16.0. The van der Waals surface area contributed by atoms with Crippen LogP contribution in [0, 0.1) is 51.2 Å². The molecular formula is C42H64O14. The van der Waals surface area contributed by atoms with Gasteiger partial charge in [-0.2, -0.15) is 0 Å². The van der Waals surface area contributed by atoms with E-state index < -0.39 is 114 Å². The van der Waals surface area contributed by atoms with Crippen molar-refractivity contribution in [2.45, 2.75) is 161 Å². The maximum Gasteiger partial charge on any atom is 0.187 e. The van der Waals surface area contributed by atoms with E-state index in [0.29, 0.717) is 31.4 Å². The van der Waals surface area contributed by atoms with Gasteiger partial charge in [0, 0.05) is 35.2 Å². The highest BCUT2D eigenvalue weighted by Gasteiger charge is 2.73. The minimum atomic E-state index is -1.69. The van der Waals surface area contributed by atoms with E-state index in [1.54, 1.807) is 6.08 Å². The van der Waals surface area contributed by atoms with Crippen LogP contribution in [0.3, 0.4) is 0 Å². The Morgan fingerprint density at radius 1 is 0.857 bits per heavy atom. The van der Waals surface area contributed by atoms with Crippen LogP contribution in [0.2, 0.25) is 0 Å². The smallest absolute Gasteiger partial charge is 0.187 e. The summed E-state index contributed by atoms with van der Waals surface area (Å²) < 4.78 is 30.4. The Balaban J connectivity index is 1.15. The number of ether oxygens (including phenoxy) is 5. The standard InChI is InChI=1S/C42H64O14/c1-18(2)25-13-23(44)20(17-52-25)30-24(45)14-40(6)27-11-9-21-22(42(27,8)28(46)15-41(30,40)7)10-12-29(39(21,4)5)55-38-36(34(50)32(48)26(16-43)54-38)56-37-35(51)33(49)31(47)19(3)53-37/h9,13,18-20,22,24,26-27,29-38,43,45,47-51H,10-12,14-17H2,1-8H3. The number of carbonyl (C=O) groups is 2. The summed E-state index contributed by atoms with van der Waals surface area (Å²) in [4.78, 5) is 28.5. The van der Waals surface area contributed by atoms with Crippen LogP contribution >= 0.6 is 0 Å². The molecule has 0 radical (unpaired) electrons. The van der Waals surface area contributed by atoms with Crippen molar-refractivity contribution >= 4 is 11.6 Å². The molecule has 3 saturated carbocycles. The number of aliphatic hydroxyl groups excluding tert-OH is 7. The van der Waals surface area contributed by atoms with Gasteiger partial charge in [-0.1, -0.05) is 60.1 Å². The molecule has 7 rings (SSSR count). The molecule has 19 atom stereocenters. The van der Waals surface area contributed by atoms with Gasteiger partial charge in [0.05, 0.1) is 37.4 Å². The van der Waals surface area contributed by atoms with Gasteiger partial charge in [0.2, 0.25) is 0 Å². The predicted molar refractivity (Wildman–Crippen MR) is 198 cm³/mol. The maximum absolute atomic E-state index is 14.9. The Morgan fingerprint density at radius 2 is 1.55 bits per heavy atom. The molecule has 3 heterocycles. The monoisotopic (exact) mass is 792 g/mol. The summed E-state index contributed by atoms with van der Waals surface area (Å²) in [7, 11) is 0. The molecule has 0 amide bonds. The molecule has 0 spiro atoms. The van der Waals surface area contributed by atoms with Crippen LogP contribution in [0.4, 0.5) is 0 Å². The van der Waals surface area contributed by atoms with Gasteiger partial charge in [-0.05, 0) is 55.3 Å². The van der Waals surface area contributed by atoms with Gasteiger partial charge in [0.1, 0.15) is 54.3 Å². The zero-order valence-corrected chi connectivity index (χ0v) is 33.9. The molecule has 7 aliphatic rings. The van der Waals surface area contributed by atoms with Gasteiger partial charge in [0.15, 0.2) is 18.4 Å². The molecule has 0 aromatic rings. The van der Waals surface area contributed by atoms with Crippen LogP contribution in [0.25, 0.3) is 0 Å². The lowest BCUT2D eigenvalue weighted by molar-refractivity contribution is -0.372. The fourth-order valence-electron chi connectivity index (χ4n) is 12.4. The molecule has 14 nitrogen and oxygen atoms in total. The number of allylic oxidation sites excluding steroid dienone is 3. The molecule has 316 valence electrons. The molecule has 56 heavy (non-hydrogen) atoms. The second-order valence-corrected chi connectivity index (χ2v) is 19.4. The second kappa shape index (κ2) is 14.7. The topological polar surface area (TPSA) is 222 Å². The van der Waals surface area contributed by atoms with Gasteiger partial charge < -0.3 is 59.4 Å². The zero-order valence-electron chi connectivity index (χ0n) is 33.9. The average Bonchev–Trinajstić information content (AvgIpc) is 3.33. The number of rotatable bonds is 7. The van der Waals surface area contributed by atoms with Crippen LogP contribution in [0.5, 0.6) is 0 Å². The van der Waals surface area contributed by atoms with Gasteiger partial charge >= 0.3 is 0 Å². The summed E-state index contributed by atoms with van der Waals surface area (Å²) in [5, 5.41) is 75.2. The average molecular weight is 793 g/mol. The first-order valence-electron chi connectivity index (χ1n) is 20.6. The lowest BCUT2D eigenvalue weighted by Crippen LogP contribution is -2.65. The SMILES string of the molecule is CC(C)C1=CC(=O)C(C2C(O)CC3(C)C4CC=C5C(CCC(OC6OC(CO)C(O)C(O)C6OC6OC(C)C(O)C(O)C6O)C5(C)C)C4(C)C(=O)CC23C)CO1. The fraction of sp³-hybridized carbons (Fsp3) is 0.857. The van der Waals surface area contributed by atoms with Crippen molar-refractivity contribution in [2.24, 2.45) is 51.2 Å². The number of fused-ring (bicyclic) bond motifs is 5. The molecule has 0 aromatic heterocycles. The van der Waals surface area contributed by atoms with Crippen LogP contribution in [0.15, 0.2) is 23.5 Å². The normalized spacial score (nSPS) is 51.7. The number of carbonyl (C=O) groups excluding carboxylic acids is 2. The molecule has 2 saturated heterocycles. The molecular weight excluding hydrogens is 728 g/mol. The van der Waals surface area contributed by atoms with Crippen molar-refractivity contribution in [1.29, 1.82) is 0 Å². The number of aliphatic hydroxyl groups is 7. The largest absolute Gasteiger partial charge is 0.497 e. The van der Waals surface area contributed by atoms with Gasteiger partial charge in [0.25, 0.3) is 0 Å². The molecule has 4 aliphatic carbocycles. The zero-order chi connectivity index (χ0) is 41.0. The molecule has 19 unspecified atom stereocenters. The molecule has 5 fully saturated rings. The third-order valence-corrected chi connectivity index (χ3v) is 16.0. The summed E-state index contributed by atoms with van der Waals surface area (Å²) in [5.74, 6) is -0.377. The van der Waals surface area contributed by atoms with Crippen LogP contribution < -0.4 is 0 Å². The van der Waals surface area contributed by atoms with Crippen molar-refractivity contribution in [3.05, 3.63) is 23.5 Å². The van der Waals surface area contributed by atoms with Crippen molar-refractivity contribution in [2.75, 3.05) is 13.2 Å². The van der Waals surface area contributed by atoms with E-state index in [2.05, 4.69) is 26.8 Å². The Hall–Kier alpha value is -1.82. The van der Waals surface area contributed by atoms with Gasteiger partial charge in [-0.3, -0.25) is 9.59 Å². The number of Topliss-reactive ketones (excluding diaryl/α,β-unsaturated/α-hetero) is 1. The third kappa shape index (κ3) is 6.22. The van der Waals surface area contributed by atoms with E-state index in [4.69, 9.17) is 23.7 Å². The summed E-state index contributed by atoms with van der Waals surface area (Å²) in [6, 6.07) is 0. The highest BCUT2D eigenvalue weighted by Crippen LogP contribution is 2.74. The quantitative estimate of drug-likeness (QED) is 0.182. The minimum Gasteiger partial charge on any atom is -0.497 e. The molecule has 14 heteroatoms. The summed E-state index contributed by atoms with van der Waals surface area (Å²) >= 11 is 0. The fourth-order valence-corrected chi connectivity index (χ4v) is 12.4. The number of hydrogen-bond acceptors (Lipinski definition) is 14. The highest BCUT2D eigenvalue weighted by molar-refractivity contribution is 5.94. The predicted octanol–water partition coefficient (Wildman–Crippen LogP) is 1.53. The summed E-state index contributed by atoms with van der Waals surface area (Å²) in [5.41, 5.74) is -1.44. The van der Waals surface area contributed by atoms with E-state index >= 15 is 0 Å². The Labute approximate surface area is 329 Å². The van der Waals surface area contributed by atoms with E-state index in [-0.39, 0.29) is 42.3 Å². The second-order valence-electron chi connectivity index (χ2n) is 19.4. The van der Waals surface area contributed by atoms with E-state index in [1.165, 1.54) is 6.92 Å². The lowest BCUT2D eigenvalue weighted by Gasteiger charge is -2.64. The van der Waals surface area contributed by atoms with Crippen LogP contribution in [-0.4, -0.2) is 134 Å². The maximum atomic E-state index is 14.9. The molecule has 0 bridgehead atoms. The van der Waals surface area contributed by atoms with E-state index in [0.717, 1.165) is 5.57 Å². The Morgan fingerprint density at radius 3 is 2.20 bits per heavy atom. The van der Waals surface area contributed by atoms with Crippen LogP contribution in [0.1, 0.15) is 87.5 Å². The van der Waals surface area contributed by atoms with Crippen molar-refractivity contribution in [1.82, 2.24) is 0 Å². The Bertz CT molecular complexity index is 1590. The van der Waals surface area contributed by atoms with Gasteiger partial charge in [-0.15, -0.1) is 0 Å². The summed E-state index contributed by atoms with van der Waals surface area (Å²) in [6.07, 6.45) is -9.40. The first-order chi connectivity index (χ1) is 26.1. The van der Waals surface area contributed by atoms with E-state index in [9.17, 15) is 45.3 Å². The van der Waals surface area contributed by atoms with Gasteiger partial charge in [-0.25, -0.2) is 0 Å². The highest BCUT2D eigenvalue weighted by atomic mass is 16.8. The van der Waals surface area contributed by atoms with E-state index in [1.807, 2.05) is 27.7 Å². The first kappa shape index (κ1) is 42.3. The Kier molecular flexibility index (Phi) is 11.1. The summed E-state index contributed by atoms with van der Waals surface area (Å²) in [6.45, 7) is 15.5. The number of hydrogen-bond donors (Lipinski definition) is 7. The lowest BCUT2D eigenvalue weighted by atomic mass is 9.38. The van der Waals surface area contributed by atoms with Crippen molar-refractivity contribution in [3.63, 3.8) is 0 Å². The van der Waals surface area contributed by atoms with Crippen molar-refractivity contribution < 1.29 is 69.0 Å². The number of ketones is 2. The molecule has 3 aliphatic heterocycles.